The van der Waals surface area contributed by atoms with Crippen molar-refractivity contribution in [3.05, 3.63) is 47.8 Å². The number of ether oxygens (including phenoxy) is 1. The zero-order chi connectivity index (χ0) is 13.4. The van der Waals surface area contributed by atoms with Gasteiger partial charge in [0.1, 0.15) is 12.4 Å². The molecule has 6 heteroatoms. The van der Waals surface area contributed by atoms with E-state index in [1.807, 2.05) is 22.9 Å². The number of carbonyl (C=O) groups excluding carboxylic acids is 1. The minimum absolute atomic E-state index is 0.249. The monoisotopic (exact) mass is 256 g/mol. The summed E-state index contributed by atoms with van der Waals surface area (Å²) in [6.07, 6.45) is 1.92. The smallest absolute Gasteiger partial charge is 0.280 e. The molecule has 0 saturated heterocycles. The van der Waals surface area contributed by atoms with E-state index in [1.54, 1.807) is 18.2 Å². The normalized spacial score (nSPS) is 12.0. The van der Waals surface area contributed by atoms with Crippen LogP contribution in [0.1, 0.15) is 16.1 Å². The second-order valence-electron chi connectivity index (χ2n) is 4.18. The molecular formula is C13H12N4O2. The number of benzene rings is 1. The van der Waals surface area contributed by atoms with Gasteiger partial charge in [0, 0.05) is 11.8 Å². The van der Waals surface area contributed by atoms with Gasteiger partial charge in [0.15, 0.2) is 5.96 Å². The van der Waals surface area contributed by atoms with Crippen LogP contribution < -0.4 is 16.2 Å². The Balaban J connectivity index is 2.08. The summed E-state index contributed by atoms with van der Waals surface area (Å²) in [5, 5.41) is 0. The van der Waals surface area contributed by atoms with Crippen LogP contribution in [-0.4, -0.2) is 16.4 Å². The predicted octanol–water partition coefficient (Wildman–Crippen LogP) is 0.783. The number of nitrogens with two attached hydrogens (primary N) is 2. The van der Waals surface area contributed by atoms with Crippen LogP contribution >= 0.6 is 0 Å². The van der Waals surface area contributed by atoms with Crippen LogP contribution in [0.2, 0.25) is 0 Å². The van der Waals surface area contributed by atoms with Crippen LogP contribution in [0.25, 0.3) is 5.69 Å². The summed E-state index contributed by atoms with van der Waals surface area (Å²) in [5.74, 6) is 0.00709. The molecule has 2 aromatic rings. The quantitative estimate of drug-likeness (QED) is 0.582. The summed E-state index contributed by atoms with van der Waals surface area (Å²) in [5.41, 5.74) is 12.7. The molecule has 0 saturated carbocycles. The number of fused-ring (bicyclic) bond motifs is 3. The largest absolute Gasteiger partial charge is 0.485 e. The van der Waals surface area contributed by atoms with Gasteiger partial charge < -0.3 is 20.8 Å². The van der Waals surface area contributed by atoms with Crippen molar-refractivity contribution in [2.24, 2.45) is 16.5 Å². The van der Waals surface area contributed by atoms with Gasteiger partial charge in [0.05, 0.1) is 11.4 Å². The highest BCUT2D eigenvalue weighted by Crippen LogP contribution is 2.30. The Bertz CT molecular complexity index is 684. The average Bonchev–Trinajstić information content (AvgIpc) is 2.85. The summed E-state index contributed by atoms with van der Waals surface area (Å²) in [7, 11) is 0. The molecule has 96 valence electrons. The van der Waals surface area contributed by atoms with Crippen LogP contribution in [0.4, 0.5) is 0 Å². The van der Waals surface area contributed by atoms with Gasteiger partial charge in [-0.1, -0.05) is 0 Å². The zero-order valence-electron chi connectivity index (χ0n) is 10.0. The van der Waals surface area contributed by atoms with Crippen LogP contribution in [0, 0.1) is 0 Å². The minimum atomic E-state index is -0.470. The first-order valence-corrected chi connectivity index (χ1v) is 5.72. The van der Waals surface area contributed by atoms with Crippen molar-refractivity contribution >= 4 is 11.9 Å². The number of hydrogen-bond acceptors (Lipinski definition) is 2. The van der Waals surface area contributed by atoms with Gasteiger partial charge in [0.25, 0.3) is 5.91 Å². The number of aliphatic imine (C=N–C) groups is 1. The second kappa shape index (κ2) is 4.16. The molecule has 0 fully saturated rings. The van der Waals surface area contributed by atoms with E-state index in [9.17, 15) is 4.79 Å². The van der Waals surface area contributed by atoms with E-state index in [4.69, 9.17) is 16.2 Å². The van der Waals surface area contributed by atoms with Crippen LogP contribution in [0.3, 0.4) is 0 Å². The fourth-order valence-corrected chi connectivity index (χ4v) is 2.06. The molecule has 1 aliphatic rings. The fraction of sp³-hybridized carbons (Fsp3) is 0.0769. The first kappa shape index (κ1) is 11.3. The molecule has 3 rings (SSSR count). The Morgan fingerprint density at radius 1 is 1.32 bits per heavy atom. The Labute approximate surface area is 109 Å². The van der Waals surface area contributed by atoms with Gasteiger partial charge in [-0.3, -0.25) is 4.79 Å². The Morgan fingerprint density at radius 2 is 2.16 bits per heavy atom. The van der Waals surface area contributed by atoms with Crippen molar-refractivity contribution in [3.63, 3.8) is 0 Å². The number of aromatic nitrogens is 1. The number of nitrogens with zero attached hydrogens (tertiary/aromatic N) is 2. The molecule has 1 aromatic carbocycles. The molecule has 0 unspecified atom stereocenters. The average molecular weight is 256 g/mol. The molecule has 4 N–H and O–H groups in total. The van der Waals surface area contributed by atoms with Gasteiger partial charge in [-0.15, -0.1) is 0 Å². The minimum Gasteiger partial charge on any atom is -0.485 e. The molecule has 2 heterocycles. The SMILES string of the molecule is NC(N)=NC(=O)c1ccc2c(c1)-n1cccc1CO2. The van der Waals surface area contributed by atoms with Gasteiger partial charge in [-0.05, 0) is 30.3 Å². The van der Waals surface area contributed by atoms with Crippen LogP contribution in [0.15, 0.2) is 41.5 Å². The van der Waals surface area contributed by atoms with Gasteiger partial charge in [-0.25, -0.2) is 0 Å². The highest BCUT2D eigenvalue weighted by atomic mass is 16.5. The van der Waals surface area contributed by atoms with E-state index in [1.165, 1.54) is 0 Å². The van der Waals surface area contributed by atoms with Crippen molar-refractivity contribution in [1.82, 2.24) is 4.57 Å². The number of carbonyl (C=O) groups is 1. The third kappa shape index (κ3) is 1.93. The van der Waals surface area contributed by atoms with Crippen molar-refractivity contribution in [2.75, 3.05) is 0 Å². The van der Waals surface area contributed by atoms with Crippen molar-refractivity contribution in [3.8, 4) is 11.4 Å². The van der Waals surface area contributed by atoms with Gasteiger partial charge in [-0.2, -0.15) is 4.99 Å². The van der Waals surface area contributed by atoms with E-state index >= 15 is 0 Å². The lowest BCUT2D eigenvalue weighted by Gasteiger charge is -2.20. The maximum absolute atomic E-state index is 11.8. The molecule has 0 spiro atoms. The van der Waals surface area contributed by atoms with Crippen LogP contribution in [-0.2, 0) is 6.61 Å². The summed E-state index contributed by atoms with van der Waals surface area (Å²) in [6.45, 7) is 0.515. The standard InChI is InChI=1S/C13H12N4O2/c14-13(15)16-12(18)8-3-4-11-10(6-8)17-5-1-2-9(17)7-19-11/h1-6H,7H2,(H4,14,15,16,18). The predicted molar refractivity (Wildman–Crippen MR) is 70.2 cm³/mol. The Hall–Kier alpha value is -2.76. The first-order chi connectivity index (χ1) is 9.15. The van der Waals surface area contributed by atoms with Crippen molar-refractivity contribution < 1.29 is 9.53 Å². The third-order valence-corrected chi connectivity index (χ3v) is 2.90. The third-order valence-electron chi connectivity index (χ3n) is 2.90. The van der Waals surface area contributed by atoms with Gasteiger partial charge >= 0.3 is 0 Å². The molecule has 19 heavy (non-hydrogen) atoms. The number of guanidine groups is 1. The highest BCUT2D eigenvalue weighted by molar-refractivity contribution is 6.02. The molecule has 0 atom stereocenters. The molecular weight excluding hydrogens is 244 g/mol. The van der Waals surface area contributed by atoms with Crippen molar-refractivity contribution in [2.45, 2.75) is 6.61 Å². The lowest BCUT2D eigenvalue weighted by Crippen LogP contribution is -2.24. The lowest BCUT2D eigenvalue weighted by atomic mass is 10.1. The van der Waals surface area contributed by atoms with E-state index in [0.29, 0.717) is 12.2 Å². The van der Waals surface area contributed by atoms with E-state index in [2.05, 4.69) is 4.99 Å². The Morgan fingerprint density at radius 3 is 2.95 bits per heavy atom. The van der Waals surface area contributed by atoms with Crippen LogP contribution in [0.5, 0.6) is 5.75 Å². The topological polar surface area (TPSA) is 95.6 Å². The maximum Gasteiger partial charge on any atom is 0.280 e. The molecule has 6 nitrogen and oxygen atoms in total. The second-order valence-corrected chi connectivity index (χ2v) is 4.18. The van der Waals surface area contributed by atoms with E-state index in [0.717, 1.165) is 17.1 Å². The molecule has 1 aliphatic heterocycles. The summed E-state index contributed by atoms with van der Waals surface area (Å²) in [6, 6.07) is 8.99. The molecule has 1 aromatic heterocycles. The highest BCUT2D eigenvalue weighted by Gasteiger charge is 2.17. The molecule has 1 amide bonds. The number of hydrogen-bond donors (Lipinski definition) is 2. The molecule has 0 aliphatic carbocycles. The zero-order valence-corrected chi connectivity index (χ0v) is 10.0. The van der Waals surface area contributed by atoms with E-state index in [-0.39, 0.29) is 5.96 Å². The van der Waals surface area contributed by atoms with E-state index < -0.39 is 5.91 Å². The maximum atomic E-state index is 11.8. The lowest BCUT2D eigenvalue weighted by molar-refractivity contribution is 0.100. The molecule has 0 radical (unpaired) electrons. The van der Waals surface area contributed by atoms with Crippen molar-refractivity contribution in [1.29, 1.82) is 0 Å². The summed E-state index contributed by atoms with van der Waals surface area (Å²) < 4.78 is 7.58. The fourth-order valence-electron chi connectivity index (χ4n) is 2.06. The number of amides is 1. The number of rotatable bonds is 1. The first-order valence-electron chi connectivity index (χ1n) is 5.72. The molecule has 0 bridgehead atoms. The van der Waals surface area contributed by atoms with Gasteiger partial charge in [0.2, 0.25) is 0 Å². The summed E-state index contributed by atoms with van der Waals surface area (Å²) in [4.78, 5) is 15.3. The summed E-state index contributed by atoms with van der Waals surface area (Å²) >= 11 is 0. The Kier molecular flexibility index (Phi) is 2.49.